The number of piperidine rings is 1. The number of hydrogen-bond acceptors (Lipinski definition) is 7. The van der Waals surface area contributed by atoms with Gasteiger partial charge in [-0.2, -0.15) is 4.31 Å². The zero-order chi connectivity index (χ0) is 27.1. The quantitative estimate of drug-likeness (QED) is 0.267. The summed E-state index contributed by atoms with van der Waals surface area (Å²) in [6, 6.07) is 19.0. The third-order valence-corrected chi connectivity index (χ3v) is 8.57. The summed E-state index contributed by atoms with van der Waals surface area (Å²) < 4.78 is 33.1. The van der Waals surface area contributed by atoms with Crippen LogP contribution in [0.2, 0.25) is 5.02 Å². The van der Waals surface area contributed by atoms with E-state index < -0.39 is 10.0 Å². The normalized spacial score (nSPS) is 14.7. The fourth-order valence-corrected chi connectivity index (χ4v) is 6.18. The monoisotopic (exact) mass is 555 g/mol. The molecule has 8 nitrogen and oxygen atoms in total. The van der Waals surface area contributed by atoms with Crippen molar-refractivity contribution in [1.29, 1.82) is 0 Å². The minimum Gasteiger partial charge on any atom is -0.466 e. The highest BCUT2D eigenvalue weighted by Gasteiger charge is 2.33. The van der Waals surface area contributed by atoms with Crippen LogP contribution in [0.15, 0.2) is 77.8 Å². The van der Waals surface area contributed by atoms with E-state index in [9.17, 15) is 18.0 Å². The van der Waals surface area contributed by atoms with Gasteiger partial charge in [-0.1, -0.05) is 41.9 Å². The van der Waals surface area contributed by atoms with E-state index in [0.717, 1.165) is 5.56 Å². The molecule has 0 aliphatic carbocycles. The number of anilines is 1. The molecule has 3 aromatic rings. The molecule has 200 valence electrons. The number of ether oxygens (including phenoxy) is 1. The van der Waals surface area contributed by atoms with Gasteiger partial charge in [0.2, 0.25) is 10.0 Å². The summed E-state index contributed by atoms with van der Waals surface area (Å²) in [6.45, 7) is 2.89. The van der Waals surface area contributed by atoms with E-state index in [0.29, 0.717) is 42.4 Å². The van der Waals surface area contributed by atoms with Crippen LogP contribution in [-0.4, -0.2) is 55.7 Å². The molecule has 1 aliphatic rings. The molecule has 0 unspecified atom stereocenters. The van der Waals surface area contributed by atoms with Gasteiger partial charge in [-0.25, -0.2) is 13.4 Å². The van der Waals surface area contributed by atoms with Crippen LogP contribution in [0.3, 0.4) is 0 Å². The maximum atomic E-state index is 13.4. The van der Waals surface area contributed by atoms with Crippen LogP contribution in [-0.2, 0) is 26.1 Å². The van der Waals surface area contributed by atoms with Gasteiger partial charge >= 0.3 is 5.97 Å². The van der Waals surface area contributed by atoms with Crippen molar-refractivity contribution in [3.63, 3.8) is 0 Å². The van der Waals surface area contributed by atoms with Crippen molar-refractivity contribution < 1.29 is 22.7 Å². The predicted octanol–water partition coefficient (Wildman–Crippen LogP) is 4.59. The lowest BCUT2D eigenvalue weighted by molar-refractivity contribution is -0.149. The Bertz CT molecular complexity index is 1380. The Morgan fingerprint density at radius 3 is 2.50 bits per heavy atom. The van der Waals surface area contributed by atoms with Crippen molar-refractivity contribution in [2.45, 2.75) is 31.2 Å². The number of halogens is 1. The molecule has 1 fully saturated rings. The predicted molar refractivity (Wildman–Crippen MR) is 146 cm³/mol. The number of sulfonamides is 1. The highest BCUT2D eigenvalue weighted by molar-refractivity contribution is 7.89. The van der Waals surface area contributed by atoms with Crippen LogP contribution in [0.5, 0.6) is 0 Å². The van der Waals surface area contributed by atoms with Crippen LogP contribution < -0.4 is 4.90 Å². The molecule has 10 heteroatoms. The molecular formula is C28H30ClN3O5S. The molecular weight excluding hydrogens is 526 g/mol. The van der Waals surface area contributed by atoms with Crippen LogP contribution >= 0.6 is 11.6 Å². The summed E-state index contributed by atoms with van der Waals surface area (Å²) in [4.78, 5) is 31.7. The maximum Gasteiger partial charge on any atom is 0.309 e. The second-order valence-corrected chi connectivity index (χ2v) is 11.4. The van der Waals surface area contributed by atoms with Gasteiger partial charge in [0.05, 0.1) is 24.0 Å². The number of aromatic nitrogens is 1. The Kier molecular flexibility index (Phi) is 9.14. The number of esters is 1. The third-order valence-electron chi connectivity index (χ3n) is 6.44. The van der Waals surface area contributed by atoms with Gasteiger partial charge in [-0.05, 0) is 61.7 Å². The second-order valence-electron chi connectivity index (χ2n) is 9.06. The Morgan fingerprint density at radius 1 is 1.05 bits per heavy atom. The Balaban J connectivity index is 1.50. The van der Waals surface area contributed by atoms with E-state index in [4.69, 9.17) is 16.3 Å². The Morgan fingerprint density at radius 2 is 1.82 bits per heavy atom. The highest BCUT2D eigenvalue weighted by Crippen LogP contribution is 2.26. The number of Topliss-reactive ketones (excluding diaryl/α,β-unsaturated/α-hetero) is 1. The van der Waals surface area contributed by atoms with Crippen molar-refractivity contribution in [3.8, 4) is 0 Å². The maximum absolute atomic E-state index is 13.4. The molecule has 0 amide bonds. The van der Waals surface area contributed by atoms with E-state index in [2.05, 4.69) is 4.98 Å². The largest absolute Gasteiger partial charge is 0.466 e. The standard InChI is InChI=1S/C28H30ClN3O5S/c1-2-37-28(34)22-12-15-32(16-13-22)38(35,36)25-10-6-8-23(18-25)26(33)20-31(27-11-3-4-14-30-27)19-21-7-5-9-24(29)17-21/h3-11,14,17-18,22H,2,12-13,15-16,19-20H2,1H3. The molecule has 0 bridgehead atoms. The molecule has 1 aromatic heterocycles. The first kappa shape index (κ1) is 27.8. The molecule has 0 radical (unpaired) electrons. The van der Waals surface area contributed by atoms with Gasteiger partial charge in [0.1, 0.15) is 5.82 Å². The first-order valence-electron chi connectivity index (χ1n) is 12.5. The number of benzene rings is 2. The molecule has 2 heterocycles. The average Bonchev–Trinajstić information content (AvgIpc) is 2.93. The number of nitrogens with zero attached hydrogens (tertiary/aromatic N) is 3. The number of hydrogen-bond donors (Lipinski definition) is 0. The fraction of sp³-hybridized carbons (Fsp3) is 0.321. The summed E-state index contributed by atoms with van der Waals surface area (Å²) in [5.41, 5.74) is 1.21. The summed E-state index contributed by atoms with van der Waals surface area (Å²) in [7, 11) is -3.83. The lowest BCUT2D eigenvalue weighted by Gasteiger charge is -2.30. The number of ketones is 1. The van der Waals surface area contributed by atoms with Crippen molar-refractivity contribution in [1.82, 2.24) is 9.29 Å². The van der Waals surface area contributed by atoms with Gasteiger partial charge in [-0.3, -0.25) is 9.59 Å². The smallest absolute Gasteiger partial charge is 0.309 e. The molecule has 0 atom stereocenters. The zero-order valence-corrected chi connectivity index (χ0v) is 22.7. The lowest BCUT2D eigenvalue weighted by atomic mass is 9.98. The van der Waals surface area contributed by atoms with Gasteiger partial charge in [0.15, 0.2) is 5.78 Å². The van der Waals surface area contributed by atoms with Gasteiger partial charge in [0.25, 0.3) is 0 Å². The second kappa shape index (κ2) is 12.5. The molecule has 4 rings (SSSR count). The van der Waals surface area contributed by atoms with E-state index in [1.54, 1.807) is 37.4 Å². The minimum absolute atomic E-state index is 0.00202. The molecule has 1 saturated heterocycles. The highest BCUT2D eigenvalue weighted by atomic mass is 35.5. The Labute approximate surface area is 228 Å². The molecule has 0 spiro atoms. The van der Waals surface area contributed by atoms with Crippen LogP contribution in [0, 0.1) is 5.92 Å². The van der Waals surface area contributed by atoms with Gasteiger partial charge < -0.3 is 9.64 Å². The Hall–Kier alpha value is -3.27. The van der Waals surface area contributed by atoms with E-state index in [-0.39, 0.29) is 42.2 Å². The van der Waals surface area contributed by atoms with Crippen molar-refractivity contribution in [2.75, 3.05) is 31.1 Å². The summed E-state index contributed by atoms with van der Waals surface area (Å²) in [5.74, 6) is -0.205. The lowest BCUT2D eigenvalue weighted by Crippen LogP contribution is -2.40. The van der Waals surface area contributed by atoms with Crippen molar-refractivity contribution >= 4 is 39.2 Å². The number of carbonyl (C=O) groups excluding carboxylic acids is 2. The fourth-order valence-electron chi connectivity index (χ4n) is 4.45. The SMILES string of the molecule is CCOC(=O)C1CCN(S(=O)(=O)c2cccc(C(=O)CN(Cc3cccc(Cl)c3)c3ccccn3)c2)CC1. The minimum atomic E-state index is -3.83. The number of rotatable bonds is 10. The van der Waals surface area contributed by atoms with Crippen LogP contribution in [0.25, 0.3) is 0 Å². The van der Waals surface area contributed by atoms with E-state index >= 15 is 0 Å². The summed E-state index contributed by atoms with van der Waals surface area (Å²) in [5, 5.41) is 0.596. The first-order valence-corrected chi connectivity index (χ1v) is 14.3. The van der Waals surface area contributed by atoms with Crippen LogP contribution in [0.1, 0.15) is 35.7 Å². The summed E-state index contributed by atoms with van der Waals surface area (Å²) >= 11 is 6.15. The average molecular weight is 556 g/mol. The molecule has 2 aromatic carbocycles. The molecule has 0 saturated carbocycles. The zero-order valence-electron chi connectivity index (χ0n) is 21.1. The van der Waals surface area contributed by atoms with E-state index in [1.165, 1.54) is 16.4 Å². The van der Waals surface area contributed by atoms with Gasteiger partial charge in [0, 0.05) is 36.4 Å². The summed E-state index contributed by atoms with van der Waals surface area (Å²) in [6.07, 6.45) is 2.46. The van der Waals surface area contributed by atoms with Gasteiger partial charge in [-0.15, -0.1) is 0 Å². The molecule has 38 heavy (non-hydrogen) atoms. The van der Waals surface area contributed by atoms with Crippen molar-refractivity contribution in [2.24, 2.45) is 5.92 Å². The van der Waals surface area contributed by atoms with E-state index in [1.807, 2.05) is 35.2 Å². The first-order chi connectivity index (χ1) is 18.3. The molecule has 0 N–H and O–H groups in total. The van der Waals surface area contributed by atoms with Crippen molar-refractivity contribution in [3.05, 3.63) is 89.1 Å². The topological polar surface area (TPSA) is 96.9 Å². The molecule has 1 aliphatic heterocycles. The number of pyridine rings is 1. The third kappa shape index (κ3) is 6.78. The van der Waals surface area contributed by atoms with Crippen LogP contribution in [0.4, 0.5) is 5.82 Å². The number of carbonyl (C=O) groups is 2.